The molecule has 0 spiro atoms. The number of hydrazone groups is 1. The number of hydrazine groups is 1. The predicted octanol–water partition coefficient (Wildman–Crippen LogP) is 2.91. The minimum absolute atomic E-state index is 0.0417. The van der Waals surface area contributed by atoms with Crippen LogP contribution in [0.5, 0.6) is 0 Å². The van der Waals surface area contributed by atoms with Crippen molar-refractivity contribution in [3.05, 3.63) is 64.7 Å². The highest BCUT2D eigenvalue weighted by molar-refractivity contribution is 5.97. The molecular formula is C23H27N5O2. The van der Waals surface area contributed by atoms with Gasteiger partial charge < -0.3 is 5.32 Å². The highest BCUT2D eigenvalue weighted by Gasteiger charge is 2.41. The zero-order chi connectivity index (χ0) is 21.3. The summed E-state index contributed by atoms with van der Waals surface area (Å²) in [5.41, 5.74) is 8.57. The van der Waals surface area contributed by atoms with Crippen molar-refractivity contribution in [3.63, 3.8) is 0 Å². The van der Waals surface area contributed by atoms with Crippen LogP contribution in [-0.4, -0.2) is 40.8 Å². The first-order valence-electron chi connectivity index (χ1n) is 10.3. The molecule has 1 fully saturated rings. The van der Waals surface area contributed by atoms with Crippen LogP contribution in [0.2, 0.25) is 0 Å². The van der Waals surface area contributed by atoms with Gasteiger partial charge in [0.15, 0.2) is 0 Å². The third-order valence-electron chi connectivity index (χ3n) is 5.71. The SMILES string of the molecule is CCc1ccc(C2CC3C(=O)N(CC(=O)Nc4cc(C)ccc4C)N=CN3N2)cc1. The maximum absolute atomic E-state index is 12.9. The third-order valence-corrected chi connectivity index (χ3v) is 5.71. The molecule has 4 rings (SSSR count). The van der Waals surface area contributed by atoms with E-state index >= 15 is 0 Å². The standard InChI is InChI=1S/C23H27N5O2/c1-4-17-7-9-18(10-8-17)20-12-21-23(30)27(24-14-28(21)26-20)13-22(29)25-19-11-15(2)5-6-16(19)3/h5-11,14,20-21,26H,4,12-13H2,1-3H3,(H,25,29). The quantitative estimate of drug-likeness (QED) is 0.802. The summed E-state index contributed by atoms with van der Waals surface area (Å²) < 4.78 is 0. The van der Waals surface area contributed by atoms with Gasteiger partial charge in [0.2, 0.25) is 5.91 Å². The van der Waals surface area contributed by atoms with Gasteiger partial charge in [-0.2, -0.15) is 5.10 Å². The summed E-state index contributed by atoms with van der Waals surface area (Å²) in [5.74, 6) is -0.436. The van der Waals surface area contributed by atoms with Crippen LogP contribution in [0, 0.1) is 13.8 Å². The van der Waals surface area contributed by atoms with E-state index in [1.54, 1.807) is 11.3 Å². The lowest BCUT2D eigenvalue weighted by Crippen LogP contribution is -2.52. The molecule has 2 unspecified atom stereocenters. The molecule has 0 bridgehead atoms. The number of hydrogen-bond donors (Lipinski definition) is 2. The number of carbonyl (C=O) groups is 2. The molecule has 7 heteroatoms. The van der Waals surface area contributed by atoms with Gasteiger partial charge in [-0.1, -0.05) is 43.3 Å². The van der Waals surface area contributed by atoms with Crippen LogP contribution in [0.15, 0.2) is 47.6 Å². The number of aryl methyl sites for hydroxylation is 3. The molecule has 2 aliphatic heterocycles. The van der Waals surface area contributed by atoms with Crippen molar-refractivity contribution in [1.82, 2.24) is 15.4 Å². The Balaban J connectivity index is 1.40. The van der Waals surface area contributed by atoms with E-state index in [-0.39, 0.29) is 30.4 Å². The second-order valence-corrected chi connectivity index (χ2v) is 7.93. The highest BCUT2D eigenvalue weighted by atomic mass is 16.2. The van der Waals surface area contributed by atoms with Crippen LogP contribution in [0.1, 0.15) is 41.6 Å². The number of nitrogens with one attached hydrogen (secondary N) is 2. The lowest BCUT2D eigenvalue weighted by Gasteiger charge is -2.29. The number of benzene rings is 2. The van der Waals surface area contributed by atoms with Gasteiger partial charge in [0, 0.05) is 5.69 Å². The Labute approximate surface area is 176 Å². The molecule has 2 aromatic carbocycles. The first-order valence-corrected chi connectivity index (χ1v) is 10.3. The first kappa shape index (κ1) is 20.1. The molecule has 2 heterocycles. The van der Waals surface area contributed by atoms with E-state index < -0.39 is 0 Å². The van der Waals surface area contributed by atoms with Gasteiger partial charge in [-0.15, -0.1) is 0 Å². The van der Waals surface area contributed by atoms with E-state index in [1.807, 2.05) is 32.0 Å². The molecule has 2 N–H and O–H groups in total. The first-order chi connectivity index (χ1) is 14.4. The van der Waals surface area contributed by atoms with Gasteiger partial charge in [-0.3, -0.25) is 14.6 Å². The summed E-state index contributed by atoms with van der Waals surface area (Å²) >= 11 is 0. The number of amides is 2. The van der Waals surface area contributed by atoms with E-state index in [0.29, 0.717) is 6.42 Å². The topological polar surface area (TPSA) is 77.0 Å². The monoisotopic (exact) mass is 405 g/mol. The highest BCUT2D eigenvalue weighted by Crippen LogP contribution is 2.29. The molecule has 7 nitrogen and oxygen atoms in total. The van der Waals surface area contributed by atoms with Gasteiger partial charge in [0.25, 0.3) is 5.91 Å². The van der Waals surface area contributed by atoms with Gasteiger partial charge in [-0.05, 0) is 55.0 Å². The van der Waals surface area contributed by atoms with Crippen molar-refractivity contribution in [2.75, 3.05) is 11.9 Å². The molecule has 1 saturated heterocycles. The van der Waals surface area contributed by atoms with Crippen LogP contribution in [-0.2, 0) is 16.0 Å². The number of anilines is 1. The zero-order valence-corrected chi connectivity index (χ0v) is 17.6. The third kappa shape index (κ3) is 4.07. The lowest BCUT2D eigenvalue weighted by atomic mass is 9.99. The molecule has 0 radical (unpaired) electrons. The normalized spacial score (nSPS) is 20.4. The van der Waals surface area contributed by atoms with E-state index in [1.165, 1.54) is 10.6 Å². The minimum atomic E-state index is -0.369. The maximum atomic E-state index is 12.9. The van der Waals surface area contributed by atoms with E-state index in [4.69, 9.17) is 0 Å². The van der Waals surface area contributed by atoms with Crippen molar-refractivity contribution in [2.24, 2.45) is 5.10 Å². The average molecular weight is 406 g/mol. The molecule has 2 aliphatic rings. The van der Waals surface area contributed by atoms with Crippen LogP contribution in [0.4, 0.5) is 5.69 Å². The fraction of sp³-hybridized carbons (Fsp3) is 0.348. The molecule has 156 valence electrons. The lowest BCUT2D eigenvalue weighted by molar-refractivity contribution is -0.139. The second-order valence-electron chi connectivity index (χ2n) is 7.93. The Morgan fingerprint density at radius 2 is 1.97 bits per heavy atom. The summed E-state index contributed by atoms with van der Waals surface area (Å²) in [6.45, 7) is 5.93. The largest absolute Gasteiger partial charge is 0.324 e. The molecule has 0 aliphatic carbocycles. The Hall–Kier alpha value is -3.19. The van der Waals surface area contributed by atoms with Gasteiger partial charge in [0.1, 0.15) is 18.9 Å². The van der Waals surface area contributed by atoms with Crippen LogP contribution in [0.3, 0.4) is 0 Å². The van der Waals surface area contributed by atoms with E-state index in [2.05, 4.69) is 47.0 Å². The van der Waals surface area contributed by atoms with Crippen LogP contribution < -0.4 is 10.7 Å². The number of fused-ring (bicyclic) bond motifs is 1. The van der Waals surface area contributed by atoms with Crippen molar-refractivity contribution >= 4 is 23.8 Å². The van der Waals surface area contributed by atoms with Crippen molar-refractivity contribution < 1.29 is 9.59 Å². The summed E-state index contributed by atoms with van der Waals surface area (Å²) in [6, 6.07) is 14.0. The molecule has 2 atom stereocenters. The van der Waals surface area contributed by atoms with Crippen molar-refractivity contribution in [1.29, 1.82) is 0 Å². The molecule has 2 aromatic rings. The zero-order valence-electron chi connectivity index (χ0n) is 17.6. The molecule has 0 saturated carbocycles. The molecule has 0 aromatic heterocycles. The van der Waals surface area contributed by atoms with E-state index in [9.17, 15) is 9.59 Å². The summed E-state index contributed by atoms with van der Waals surface area (Å²) in [5, 5.41) is 10.1. The van der Waals surface area contributed by atoms with Gasteiger partial charge >= 0.3 is 0 Å². The number of rotatable bonds is 5. The van der Waals surface area contributed by atoms with Crippen LogP contribution in [0.25, 0.3) is 0 Å². The van der Waals surface area contributed by atoms with Crippen molar-refractivity contribution in [3.8, 4) is 0 Å². The Bertz CT molecular complexity index is 986. The van der Waals surface area contributed by atoms with Crippen LogP contribution >= 0.6 is 0 Å². The molecular weight excluding hydrogens is 378 g/mol. The second kappa shape index (κ2) is 8.28. The maximum Gasteiger partial charge on any atom is 0.267 e. The number of nitrogens with zero attached hydrogens (tertiary/aromatic N) is 3. The Kier molecular flexibility index (Phi) is 5.55. The van der Waals surface area contributed by atoms with E-state index in [0.717, 1.165) is 28.8 Å². The fourth-order valence-electron chi connectivity index (χ4n) is 3.85. The average Bonchev–Trinajstić information content (AvgIpc) is 3.18. The predicted molar refractivity (Wildman–Crippen MR) is 117 cm³/mol. The number of hydrogen-bond acceptors (Lipinski definition) is 5. The fourth-order valence-corrected chi connectivity index (χ4v) is 3.85. The van der Waals surface area contributed by atoms with Gasteiger partial charge in [-0.25, -0.2) is 10.4 Å². The summed E-state index contributed by atoms with van der Waals surface area (Å²) in [4.78, 5) is 25.5. The number of carbonyl (C=O) groups excluding carboxylic acids is 2. The smallest absolute Gasteiger partial charge is 0.267 e. The van der Waals surface area contributed by atoms with Crippen molar-refractivity contribution in [2.45, 2.75) is 45.7 Å². The summed E-state index contributed by atoms with van der Waals surface area (Å²) in [6.07, 6.45) is 3.22. The Morgan fingerprint density at radius 1 is 1.20 bits per heavy atom. The molecule has 30 heavy (non-hydrogen) atoms. The Morgan fingerprint density at radius 3 is 2.70 bits per heavy atom. The summed E-state index contributed by atoms with van der Waals surface area (Å²) in [7, 11) is 0. The van der Waals surface area contributed by atoms with Gasteiger partial charge in [0.05, 0.1) is 6.04 Å². The minimum Gasteiger partial charge on any atom is -0.324 e. The molecule has 2 amide bonds.